The van der Waals surface area contributed by atoms with Crippen molar-refractivity contribution in [3.05, 3.63) is 28.2 Å². The quantitative estimate of drug-likeness (QED) is 0.786. The van der Waals surface area contributed by atoms with Gasteiger partial charge in [0.1, 0.15) is 0 Å². The molecule has 1 fully saturated rings. The van der Waals surface area contributed by atoms with Gasteiger partial charge in [0.15, 0.2) is 0 Å². The van der Waals surface area contributed by atoms with E-state index in [0.29, 0.717) is 5.41 Å². The number of hydrogen-bond donors (Lipinski definition) is 1. The number of benzene rings is 1. The number of para-hydroxylation sites is 1. The summed E-state index contributed by atoms with van der Waals surface area (Å²) in [6, 6.07) is 6.58. The van der Waals surface area contributed by atoms with E-state index >= 15 is 0 Å². The van der Waals surface area contributed by atoms with E-state index in [2.05, 4.69) is 51.4 Å². The zero-order chi connectivity index (χ0) is 11.2. The maximum Gasteiger partial charge on any atom is 0.0523 e. The van der Waals surface area contributed by atoms with Crippen molar-refractivity contribution in [3.63, 3.8) is 0 Å². The molecule has 0 radical (unpaired) electrons. The molecule has 0 aromatic heterocycles. The van der Waals surface area contributed by atoms with E-state index in [9.17, 15) is 0 Å². The minimum absolute atomic E-state index is 0.394. The molecule has 2 nitrogen and oxygen atoms in total. The predicted molar refractivity (Wildman–Crippen MR) is 71.0 cm³/mol. The van der Waals surface area contributed by atoms with E-state index < -0.39 is 0 Å². The van der Waals surface area contributed by atoms with Crippen molar-refractivity contribution in [1.29, 1.82) is 0 Å². The second-order valence-corrected chi connectivity index (χ2v) is 5.95. The van der Waals surface area contributed by atoms with Gasteiger partial charge in [-0.2, -0.15) is 0 Å². The van der Waals surface area contributed by atoms with Gasteiger partial charge >= 0.3 is 0 Å². The molecule has 0 atom stereocenters. The Bertz CT molecular complexity index is 408. The summed E-state index contributed by atoms with van der Waals surface area (Å²) in [7, 11) is 2.22. The van der Waals surface area contributed by atoms with Crippen LogP contribution in [0.15, 0.2) is 22.7 Å². The maximum atomic E-state index is 3.64. The highest BCUT2D eigenvalue weighted by Crippen LogP contribution is 2.46. The van der Waals surface area contributed by atoms with Gasteiger partial charge in [-0.15, -0.1) is 0 Å². The fourth-order valence-corrected chi connectivity index (χ4v) is 3.50. The molecule has 0 bridgehead atoms. The average Bonchev–Trinajstić information content (AvgIpc) is 2.64. The third-order valence-electron chi connectivity index (χ3n) is 4.13. The van der Waals surface area contributed by atoms with Crippen LogP contribution in [0.1, 0.15) is 18.4 Å². The summed E-state index contributed by atoms with van der Waals surface area (Å²) in [5, 5.41) is 3.58. The topological polar surface area (TPSA) is 15.3 Å². The van der Waals surface area contributed by atoms with Crippen LogP contribution in [-0.2, 0) is 5.41 Å². The molecule has 2 aliphatic rings. The second-order valence-electron chi connectivity index (χ2n) is 5.10. The second kappa shape index (κ2) is 3.74. The predicted octanol–water partition coefficient (Wildman–Crippen LogP) is 2.84. The van der Waals surface area contributed by atoms with E-state index in [1.165, 1.54) is 41.7 Å². The highest BCUT2D eigenvalue weighted by molar-refractivity contribution is 9.10. The van der Waals surface area contributed by atoms with Crippen LogP contribution < -0.4 is 5.32 Å². The molecule has 16 heavy (non-hydrogen) atoms. The molecule has 1 aromatic rings. The Morgan fingerprint density at radius 1 is 1.31 bits per heavy atom. The van der Waals surface area contributed by atoms with Gasteiger partial charge < -0.3 is 10.2 Å². The van der Waals surface area contributed by atoms with Gasteiger partial charge in [-0.05, 0) is 60.5 Å². The van der Waals surface area contributed by atoms with Gasteiger partial charge in [-0.3, -0.25) is 0 Å². The summed E-state index contributed by atoms with van der Waals surface area (Å²) in [5.74, 6) is 0. The lowest BCUT2D eigenvalue weighted by molar-refractivity contribution is 0.200. The molecule has 2 heterocycles. The molecular formula is C13H17BrN2. The monoisotopic (exact) mass is 280 g/mol. The molecule has 0 saturated carbocycles. The number of halogens is 1. The van der Waals surface area contributed by atoms with Crippen LogP contribution in [0.4, 0.5) is 5.69 Å². The molecule has 86 valence electrons. The molecule has 1 spiro atoms. The molecule has 3 heteroatoms. The van der Waals surface area contributed by atoms with Crippen LogP contribution in [-0.4, -0.2) is 31.6 Å². The van der Waals surface area contributed by atoms with E-state index in [-0.39, 0.29) is 0 Å². The van der Waals surface area contributed by atoms with Crippen molar-refractivity contribution < 1.29 is 0 Å². The number of nitrogens with one attached hydrogen (secondary N) is 1. The molecule has 1 saturated heterocycles. The molecule has 0 amide bonds. The van der Waals surface area contributed by atoms with E-state index in [4.69, 9.17) is 0 Å². The van der Waals surface area contributed by atoms with Crippen molar-refractivity contribution in [2.75, 3.05) is 32.0 Å². The highest BCUT2D eigenvalue weighted by atomic mass is 79.9. The van der Waals surface area contributed by atoms with Gasteiger partial charge in [-0.1, -0.05) is 12.1 Å². The largest absolute Gasteiger partial charge is 0.383 e. The normalized spacial score (nSPS) is 23.1. The number of piperidine rings is 1. The standard InChI is InChI=1S/C13H17BrN2/c1-16-7-5-13(6-8-16)9-15-12-10(13)3-2-4-11(12)14/h2-4,15H,5-9H2,1H3. The zero-order valence-electron chi connectivity index (χ0n) is 9.59. The first-order chi connectivity index (χ1) is 7.71. The number of nitrogens with zero attached hydrogens (tertiary/aromatic N) is 1. The lowest BCUT2D eigenvalue weighted by Crippen LogP contribution is -2.42. The third-order valence-corrected chi connectivity index (χ3v) is 4.79. The SMILES string of the molecule is CN1CCC2(CC1)CNc1c(Br)cccc12. The zero-order valence-corrected chi connectivity index (χ0v) is 11.2. The first-order valence-electron chi connectivity index (χ1n) is 5.93. The van der Waals surface area contributed by atoms with Gasteiger partial charge in [0.05, 0.1) is 5.69 Å². The molecule has 2 aliphatic heterocycles. The first-order valence-corrected chi connectivity index (χ1v) is 6.72. The fraction of sp³-hybridized carbons (Fsp3) is 0.538. The van der Waals surface area contributed by atoms with Crippen LogP contribution >= 0.6 is 15.9 Å². The molecule has 1 aromatic carbocycles. The number of anilines is 1. The van der Waals surface area contributed by atoms with Gasteiger partial charge in [-0.25, -0.2) is 0 Å². The lowest BCUT2D eigenvalue weighted by Gasteiger charge is -2.37. The summed E-state index contributed by atoms with van der Waals surface area (Å²) in [6.07, 6.45) is 2.56. The summed E-state index contributed by atoms with van der Waals surface area (Å²) >= 11 is 3.64. The smallest absolute Gasteiger partial charge is 0.0523 e. The summed E-state index contributed by atoms with van der Waals surface area (Å²) in [6.45, 7) is 3.54. The molecular weight excluding hydrogens is 264 g/mol. The third kappa shape index (κ3) is 1.49. The van der Waals surface area contributed by atoms with E-state index in [1.807, 2.05) is 0 Å². The summed E-state index contributed by atoms with van der Waals surface area (Å²) in [4.78, 5) is 2.43. The molecule has 1 N–H and O–H groups in total. The van der Waals surface area contributed by atoms with Crippen molar-refractivity contribution in [1.82, 2.24) is 4.90 Å². The van der Waals surface area contributed by atoms with Crippen molar-refractivity contribution >= 4 is 21.6 Å². The highest BCUT2D eigenvalue weighted by Gasteiger charge is 2.41. The van der Waals surface area contributed by atoms with Crippen molar-refractivity contribution in [3.8, 4) is 0 Å². The van der Waals surface area contributed by atoms with Gasteiger partial charge in [0.2, 0.25) is 0 Å². The molecule has 3 rings (SSSR count). The summed E-state index contributed by atoms with van der Waals surface area (Å²) < 4.78 is 1.21. The van der Waals surface area contributed by atoms with Crippen LogP contribution in [0.25, 0.3) is 0 Å². The Hall–Kier alpha value is -0.540. The van der Waals surface area contributed by atoms with Crippen molar-refractivity contribution in [2.45, 2.75) is 18.3 Å². The fourth-order valence-electron chi connectivity index (χ4n) is 2.99. The average molecular weight is 281 g/mol. The molecule has 0 unspecified atom stereocenters. The minimum atomic E-state index is 0.394. The van der Waals surface area contributed by atoms with Crippen LogP contribution in [0.2, 0.25) is 0 Å². The maximum absolute atomic E-state index is 3.64. The number of likely N-dealkylation sites (tertiary alicyclic amines) is 1. The van der Waals surface area contributed by atoms with Crippen LogP contribution in [0.5, 0.6) is 0 Å². The molecule has 0 aliphatic carbocycles. The minimum Gasteiger partial charge on any atom is -0.383 e. The Labute approximate surface area is 105 Å². The Morgan fingerprint density at radius 3 is 2.81 bits per heavy atom. The van der Waals surface area contributed by atoms with Crippen molar-refractivity contribution in [2.24, 2.45) is 0 Å². The number of fused-ring (bicyclic) bond motifs is 2. The Balaban J connectivity index is 1.99. The van der Waals surface area contributed by atoms with Crippen LogP contribution in [0.3, 0.4) is 0 Å². The van der Waals surface area contributed by atoms with E-state index in [1.54, 1.807) is 0 Å². The van der Waals surface area contributed by atoms with E-state index in [0.717, 1.165) is 6.54 Å². The van der Waals surface area contributed by atoms with Crippen LogP contribution in [0, 0.1) is 0 Å². The van der Waals surface area contributed by atoms with Gasteiger partial charge in [0.25, 0.3) is 0 Å². The lowest BCUT2D eigenvalue weighted by atomic mass is 9.74. The van der Waals surface area contributed by atoms with Gasteiger partial charge in [0, 0.05) is 16.4 Å². The summed E-state index contributed by atoms with van der Waals surface area (Å²) in [5.41, 5.74) is 3.24. The Kier molecular flexibility index (Phi) is 2.48. The number of rotatable bonds is 0. The first kappa shape index (κ1) is 10.6. The Morgan fingerprint density at radius 2 is 2.06 bits per heavy atom. The number of hydrogen-bond acceptors (Lipinski definition) is 2.